The summed E-state index contributed by atoms with van der Waals surface area (Å²) in [6, 6.07) is 1.82. The van der Waals surface area contributed by atoms with Crippen LogP contribution in [0.15, 0.2) is 18.5 Å². The minimum atomic E-state index is -0.727. The number of hydrogen-bond donors (Lipinski definition) is 1. The highest BCUT2D eigenvalue weighted by molar-refractivity contribution is 5.27. The maximum atomic E-state index is 10.6. The first-order valence-corrected chi connectivity index (χ1v) is 6.60. The molecule has 0 radical (unpaired) electrons. The first-order valence-electron chi connectivity index (χ1n) is 6.60. The summed E-state index contributed by atoms with van der Waals surface area (Å²) in [5, 5.41) is 10.6. The normalized spacial score (nSPS) is 19.9. The molecule has 1 aromatic rings. The largest absolute Gasteiger partial charge is 0.492 e. The molecule has 2 heterocycles. The van der Waals surface area contributed by atoms with Gasteiger partial charge in [-0.1, -0.05) is 0 Å². The Kier molecular flexibility index (Phi) is 4.74. The van der Waals surface area contributed by atoms with E-state index in [1.54, 1.807) is 19.5 Å². The van der Waals surface area contributed by atoms with Crippen LogP contribution < -0.4 is 4.74 Å². The van der Waals surface area contributed by atoms with E-state index in [1.807, 2.05) is 13.0 Å². The molecule has 0 bridgehead atoms. The van der Waals surface area contributed by atoms with Gasteiger partial charge in [-0.15, -0.1) is 0 Å². The molecule has 1 aromatic heterocycles. The van der Waals surface area contributed by atoms with E-state index < -0.39 is 11.7 Å². The van der Waals surface area contributed by atoms with Crippen molar-refractivity contribution in [3.05, 3.63) is 24.0 Å². The van der Waals surface area contributed by atoms with Gasteiger partial charge in [0.05, 0.1) is 12.8 Å². The Morgan fingerprint density at radius 1 is 1.42 bits per heavy atom. The van der Waals surface area contributed by atoms with Crippen LogP contribution in [0.4, 0.5) is 0 Å². The molecule has 5 nitrogen and oxygen atoms in total. The Labute approximate surface area is 113 Å². The Morgan fingerprint density at radius 3 is 2.79 bits per heavy atom. The lowest BCUT2D eigenvalue weighted by molar-refractivity contribution is -0.154. The lowest BCUT2D eigenvalue weighted by Gasteiger charge is -2.39. The van der Waals surface area contributed by atoms with Crippen molar-refractivity contribution in [1.29, 1.82) is 0 Å². The first-order chi connectivity index (χ1) is 9.22. The molecule has 0 aromatic carbocycles. The molecule has 2 rings (SSSR count). The van der Waals surface area contributed by atoms with E-state index in [-0.39, 0.29) is 0 Å². The lowest BCUT2D eigenvalue weighted by atomic mass is 9.84. The first kappa shape index (κ1) is 14.2. The number of ether oxygens (including phenoxy) is 3. The van der Waals surface area contributed by atoms with Crippen molar-refractivity contribution < 1.29 is 19.3 Å². The van der Waals surface area contributed by atoms with E-state index in [0.29, 0.717) is 38.4 Å². The monoisotopic (exact) mass is 267 g/mol. The molecule has 0 spiro atoms. The molecule has 0 aliphatic carbocycles. The topological polar surface area (TPSA) is 60.8 Å². The van der Waals surface area contributed by atoms with Gasteiger partial charge in [0.25, 0.3) is 0 Å². The molecule has 0 saturated carbocycles. The predicted molar refractivity (Wildman–Crippen MR) is 70.2 cm³/mol. The molecule has 1 aliphatic rings. The van der Waals surface area contributed by atoms with Gasteiger partial charge >= 0.3 is 0 Å². The fourth-order valence-electron chi connectivity index (χ4n) is 2.44. The van der Waals surface area contributed by atoms with Gasteiger partial charge in [-0.05, 0) is 13.0 Å². The molecule has 1 unspecified atom stereocenters. The third-order valence-electron chi connectivity index (χ3n) is 3.61. The minimum Gasteiger partial charge on any atom is -0.492 e. The van der Waals surface area contributed by atoms with Gasteiger partial charge in [0.2, 0.25) is 0 Å². The van der Waals surface area contributed by atoms with E-state index in [2.05, 4.69) is 4.98 Å². The predicted octanol–water partition coefficient (Wildman–Crippen LogP) is 1.71. The standard InChI is InChI=1S/C14H21NO4/c1-3-19-12-8-11(9-15-10-12)13(16)14(17-2)4-6-18-7-5-14/h8-10,13,16H,3-7H2,1-2H3. The lowest BCUT2D eigenvalue weighted by Crippen LogP contribution is -2.43. The summed E-state index contributed by atoms with van der Waals surface area (Å²) in [4.78, 5) is 4.11. The van der Waals surface area contributed by atoms with E-state index in [4.69, 9.17) is 14.2 Å². The minimum absolute atomic E-state index is 0.574. The van der Waals surface area contributed by atoms with Crippen LogP contribution in [0.5, 0.6) is 5.75 Å². The third-order valence-corrected chi connectivity index (χ3v) is 3.61. The van der Waals surface area contributed by atoms with Gasteiger partial charge in [0.15, 0.2) is 0 Å². The number of pyridine rings is 1. The van der Waals surface area contributed by atoms with Crippen molar-refractivity contribution in [2.24, 2.45) is 0 Å². The summed E-state index contributed by atoms with van der Waals surface area (Å²) in [7, 11) is 1.63. The average Bonchev–Trinajstić information content (AvgIpc) is 2.48. The molecule has 1 fully saturated rings. The zero-order chi connectivity index (χ0) is 13.7. The third kappa shape index (κ3) is 3.05. The van der Waals surface area contributed by atoms with Gasteiger partial charge in [-0.25, -0.2) is 0 Å². The smallest absolute Gasteiger partial charge is 0.137 e. The van der Waals surface area contributed by atoms with Crippen molar-refractivity contribution in [1.82, 2.24) is 4.98 Å². The van der Waals surface area contributed by atoms with Crippen molar-refractivity contribution >= 4 is 0 Å². The molecule has 5 heteroatoms. The summed E-state index contributed by atoms with van der Waals surface area (Å²) in [5.41, 5.74) is 0.125. The Balaban J connectivity index is 2.21. The maximum Gasteiger partial charge on any atom is 0.137 e. The Morgan fingerprint density at radius 2 is 2.16 bits per heavy atom. The average molecular weight is 267 g/mol. The summed E-state index contributed by atoms with van der Waals surface area (Å²) in [6.45, 7) is 3.69. The van der Waals surface area contributed by atoms with E-state index in [1.165, 1.54) is 0 Å². The maximum absolute atomic E-state index is 10.6. The van der Waals surface area contributed by atoms with Crippen LogP contribution in [0.3, 0.4) is 0 Å². The van der Waals surface area contributed by atoms with Crippen molar-refractivity contribution in [3.8, 4) is 5.75 Å². The molecule has 106 valence electrons. The van der Waals surface area contributed by atoms with Crippen molar-refractivity contribution in [3.63, 3.8) is 0 Å². The Hall–Kier alpha value is -1.17. The van der Waals surface area contributed by atoms with Crippen LogP contribution in [-0.2, 0) is 9.47 Å². The van der Waals surface area contributed by atoms with Crippen molar-refractivity contribution in [2.75, 3.05) is 26.9 Å². The van der Waals surface area contributed by atoms with Gasteiger partial charge in [-0.2, -0.15) is 0 Å². The van der Waals surface area contributed by atoms with Crippen LogP contribution in [-0.4, -0.2) is 42.6 Å². The second-order valence-electron chi connectivity index (χ2n) is 4.67. The SMILES string of the molecule is CCOc1cncc(C(O)C2(OC)CCOCC2)c1. The molecule has 1 saturated heterocycles. The Bertz CT molecular complexity index is 404. The fraction of sp³-hybridized carbons (Fsp3) is 0.643. The summed E-state index contributed by atoms with van der Waals surface area (Å²) < 4.78 is 16.4. The zero-order valence-corrected chi connectivity index (χ0v) is 11.5. The molecular weight excluding hydrogens is 246 g/mol. The second kappa shape index (κ2) is 6.32. The summed E-state index contributed by atoms with van der Waals surface area (Å²) >= 11 is 0. The molecule has 19 heavy (non-hydrogen) atoms. The molecule has 0 amide bonds. The number of methoxy groups -OCH3 is 1. The van der Waals surface area contributed by atoms with Crippen LogP contribution in [0.2, 0.25) is 0 Å². The highest BCUT2D eigenvalue weighted by Crippen LogP contribution is 2.37. The van der Waals surface area contributed by atoms with Gasteiger partial charge in [0.1, 0.15) is 17.5 Å². The highest BCUT2D eigenvalue weighted by atomic mass is 16.5. The van der Waals surface area contributed by atoms with E-state index in [0.717, 1.165) is 5.56 Å². The highest BCUT2D eigenvalue weighted by Gasteiger charge is 2.40. The number of rotatable bonds is 5. The quantitative estimate of drug-likeness (QED) is 0.880. The number of aliphatic hydroxyl groups is 1. The summed E-state index contributed by atoms with van der Waals surface area (Å²) in [6.07, 6.45) is 3.91. The molecule has 1 aliphatic heterocycles. The second-order valence-corrected chi connectivity index (χ2v) is 4.67. The van der Waals surface area contributed by atoms with Crippen LogP contribution >= 0.6 is 0 Å². The van der Waals surface area contributed by atoms with E-state index >= 15 is 0 Å². The van der Waals surface area contributed by atoms with Gasteiger partial charge in [0, 0.05) is 44.9 Å². The molecular formula is C14H21NO4. The molecule has 1 atom stereocenters. The fourth-order valence-corrected chi connectivity index (χ4v) is 2.44. The molecule has 1 N–H and O–H groups in total. The number of nitrogens with zero attached hydrogens (tertiary/aromatic N) is 1. The van der Waals surface area contributed by atoms with E-state index in [9.17, 15) is 5.11 Å². The van der Waals surface area contributed by atoms with Gasteiger partial charge in [-0.3, -0.25) is 4.98 Å². The van der Waals surface area contributed by atoms with Crippen LogP contribution in [0.1, 0.15) is 31.4 Å². The number of aromatic nitrogens is 1. The van der Waals surface area contributed by atoms with Crippen LogP contribution in [0, 0.1) is 0 Å². The van der Waals surface area contributed by atoms with Crippen molar-refractivity contribution in [2.45, 2.75) is 31.5 Å². The number of aliphatic hydroxyl groups excluding tert-OH is 1. The summed E-state index contributed by atoms with van der Waals surface area (Å²) in [5.74, 6) is 0.664. The van der Waals surface area contributed by atoms with Crippen LogP contribution in [0.25, 0.3) is 0 Å². The zero-order valence-electron chi connectivity index (χ0n) is 11.5. The number of hydrogen-bond acceptors (Lipinski definition) is 5. The van der Waals surface area contributed by atoms with Gasteiger partial charge < -0.3 is 19.3 Å².